The van der Waals surface area contributed by atoms with Gasteiger partial charge < -0.3 is 15.3 Å². The number of urea groups is 1. The second kappa shape index (κ2) is 6.56. The summed E-state index contributed by atoms with van der Waals surface area (Å²) in [6.45, 7) is 5.64. The highest BCUT2D eigenvalue weighted by molar-refractivity contribution is 7.12. The fourth-order valence-electron chi connectivity index (χ4n) is 1.80. The Morgan fingerprint density at radius 2 is 2.11 bits per heavy atom. The molecule has 0 bridgehead atoms. The number of carboxylic acids is 1. The number of carboxylic acid groups (broad SMARTS) is 1. The quantitative estimate of drug-likeness (QED) is 0.873. The van der Waals surface area contributed by atoms with Crippen LogP contribution in [0.4, 0.5) is 4.79 Å². The number of nitrogens with zero attached hydrogens (tertiary/aromatic N) is 1. The Hall–Kier alpha value is -1.56. The van der Waals surface area contributed by atoms with Gasteiger partial charge in [-0.3, -0.25) is 0 Å². The molecule has 0 saturated heterocycles. The van der Waals surface area contributed by atoms with Gasteiger partial charge in [-0.2, -0.15) is 0 Å². The van der Waals surface area contributed by atoms with Crippen LogP contribution in [0.1, 0.15) is 36.1 Å². The van der Waals surface area contributed by atoms with Gasteiger partial charge in [-0.15, -0.1) is 11.3 Å². The Balaban J connectivity index is 2.66. The predicted octanol–water partition coefficient (Wildman–Crippen LogP) is 2.62. The Labute approximate surface area is 117 Å². The number of hydrogen-bond acceptors (Lipinski definition) is 3. The summed E-state index contributed by atoms with van der Waals surface area (Å²) in [6.07, 6.45) is 0.381. The Kier molecular flexibility index (Phi) is 5.35. The fraction of sp³-hybridized carbons (Fsp3) is 0.538. The SMILES string of the molecule is CCC(C(=O)O)N(C)C(=O)NC(C)c1ccc(C)s1. The van der Waals surface area contributed by atoms with Gasteiger partial charge in [0.15, 0.2) is 0 Å². The second-order valence-corrected chi connectivity index (χ2v) is 5.81. The third-order valence-electron chi connectivity index (χ3n) is 2.99. The number of likely N-dealkylation sites (N-methyl/N-ethyl adjacent to an activating group) is 1. The Morgan fingerprint density at radius 3 is 2.53 bits per heavy atom. The van der Waals surface area contributed by atoms with Crippen LogP contribution in [-0.2, 0) is 4.79 Å². The first-order valence-electron chi connectivity index (χ1n) is 6.19. The van der Waals surface area contributed by atoms with Gasteiger partial charge in [0.1, 0.15) is 6.04 Å². The molecule has 0 saturated carbocycles. The maximum absolute atomic E-state index is 12.0. The van der Waals surface area contributed by atoms with Crippen molar-refractivity contribution in [3.8, 4) is 0 Å². The van der Waals surface area contributed by atoms with Crippen molar-refractivity contribution in [1.82, 2.24) is 10.2 Å². The molecule has 0 aromatic carbocycles. The smallest absolute Gasteiger partial charge is 0.326 e. The minimum absolute atomic E-state index is 0.125. The van der Waals surface area contributed by atoms with E-state index in [0.29, 0.717) is 6.42 Å². The zero-order valence-corrected chi connectivity index (χ0v) is 12.5. The molecule has 0 fully saturated rings. The molecule has 0 aliphatic carbocycles. The van der Waals surface area contributed by atoms with E-state index < -0.39 is 12.0 Å². The molecule has 1 heterocycles. The van der Waals surface area contributed by atoms with Crippen molar-refractivity contribution in [1.29, 1.82) is 0 Å². The van der Waals surface area contributed by atoms with E-state index in [4.69, 9.17) is 5.11 Å². The zero-order chi connectivity index (χ0) is 14.6. The Morgan fingerprint density at radius 1 is 1.47 bits per heavy atom. The highest BCUT2D eigenvalue weighted by atomic mass is 32.1. The van der Waals surface area contributed by atoms with Crippen LogP contribution in [0.3, 0.4) is 0 Å². The number of rotatable bonds is 5. The minimum atomic E-state index is -0.986. The lowest BCUT2D eigenvalue weighted by Crippen LogP contribution is -2.47. The molecular formula is C13H20N2O3S. The van der Waals surface area contributed by atoms with E-state index in [1.54, 1.807) is 18.3 Å². The van der Waals surface area contributed by atoms with E-state index in [1.165, 1.54) is 16.8 Å². The number of hydrogen-bond donors (Lipinski definition) is 2. The van der Waals surface area contributed by atoms with Crippen LogP contribution in [0, 0.1) is 6.92 Å². The van der Waals surface area contributed by atoms with Crippen molar-refractivity contribution in [2.45, 2.75) is 39.3 Å². The summed E-state index contributed by atoms with van der Waals surface area (Å²) in [5.74, 6) is -0.986. The van der Waals surface area contributed by atoms with E-state index in [0.717, 1.165) is 4.88 Å². The van der Waals surface area contributed by atoms with E-state index in [9.17, 15) is 9.59 Å². The molecule has 0 radical (unpaired) electrons. The van der Waals surface area contributed by atoms with Gasteiger partial charge in [0.05, 0.1) is 6.04 Å². The summed E-state index contributed by atoms with van der Waals surface area (Å²) >= 11 is 1.62. The number of thiophene rings is 1. The maximum Gasteiger partial charge on any atom is 0.326 e. The van der Waals surface area contributed by atoms with Crippen molar-refractivity contribution in [2.75, 3.05) is 7.05 Å². The molecule has 2 amide bonds. The molecule has 1 rings (SSSR count). The van der Waals surface area contributed by atoms with Crippen LogP contribution in [0.25, 0.3) is 0 Å². The third kappa shape index (κ3) is 3.96. The van der Waals surface area contributed by atoms with Crippen molar-refractivity contribution < 1.29 is 14.7 Å². The highest BCUT2D eigenvalue weighted by Gasteiger charge is 2.25. The number of carbonyl (C=O) groups excluding carboxylic acids is 1. The van der Waals surface area contributed by atoms with E-state index >= 15 is 0 Å². The number of aryl methyl sites for hydroxylation is 1. The summed E-state index contributed by atoms with van der Waals surface area (Å²) in [6, 6.07) is 2.68. The first kappa shape index (κ1) is 15.5. The monoisotopic (exact) mass is 284 g/mol. The van der Waals surface area contributed by atoms with Crippen molar-refractivity contribution in [3.05, 3.63) is 21.9 Å². The maximum atomic E-state index is 12.0. The summed E-state index contributed by atoms with van der Waals surface area (Å²) in [5.41, 5.74) is 0. The summed E-state index contributed by atoms with van der Waals surface area (Å²) in [7, 11) is 1.50. The molecule has 5 nitrogen and oxygen atoms in total. The van der Waals surface area contributed by atoms with Gasteiger partial charge in [-0.25, -0.2) is 9.59 Å². The van der Waals surface area contributed by atoms with Crippen molar-refractivity contribution in [3.63, 3.8) is 0 Å². The van der Waals surface area contributed by atoms with Crippen LogP contribution >= 0.6 is 11.3 Å². The van der Waals surface area contributed by atoms with Gasteiger partial charge in [-0.05, 0) is 32.4 Å². The lowest BCUT2D eigenvalue weighted by atomic mass is 10.2. The Bertz CT molecular complexity index is 458. The van der Waals surface area contributed by atoms with Crippen LogP contribution in [0.5, 0.6) is 0 Å². The topological polar surface area (TPSA) is 69.6 Å². The first-order valence-corrected chi connectivity index (χ1v) is 7.01. The second-order valence-electron chi connectivity index (χ2n) is 4.49. The molecule has 2 atom stereocenters. The largest absolute Gasteiger partial charge is 0.480 e. The van der Waals surface area contributed by atoms with Crippen LogP contribution in [0.15, 0.2) is 12.1 Å². The molecule has 6 heteroatoms. The predicted molar refractivity (Wildman–Crippen MR) is 75.5 cm³/mol. The van der Waals surface area contributed by atoms with Gasteiger partial charge in [0.2, 0.25) is 0 Å². The molecule has 1 aromatic heterocycles. The molecule has 1 aromatic rings. The fourth-order valence-corrected chi connectivity index (χ4v) is 2.68. The number of carbonyl (C=O) groups is 2. The lowest BCUT2D eigenvalue weighted by molar-refractivity contribution is -0.141. The van der Waals surface area contributed by atoms with Gasteiger partial charge in [0.25, 0.3) is 0 Å². The lowest BCUT2D eigenvalue weighted by Gasteiger charge is -2.25. The third-order valence-corrected chi connectivity index (χ3v) is 4.17. The van der Waals surface area contributed by atoms with E-state index in [1.807, 2.05) is 26.0 Å². The molecule has 0 aliphatic heterocycles. The van der Waals surface area contributed by atoms with Crippen LogP contribution in [-0.4, -0.2) is 35.1 Å². The zero-order valence-electron chi connectivity index (χ0n) is 11.6. The number of nitrogens with one attached hydrogen (secondary N) is 1. The summed E-state index contributed by atoms with van der Waals surface area (Å²) < 4.78 is 0. The molecule has 0 aliphatic rings. The van der Waals surface area contributed by atoms with Gasteiger partial charge >= 0.3 is 12.0 Å². The van der Waals surface area contributed by atoms with Crippen LogP contribution in [0.2, 0.25) is 0 Å². The van der Waals surface area contributed by atoms with Crippen LogP contribution < -0.4 is 5.32 Å². The molecule has 19 heavy (non-hydrogen) atoms. The highest BCUT2D eigenvalue weighted by Crippen LogP contribution is 2.22. The first-order chi connectivity index (χ1) is 8.86. The average Bonchev–Trinajstić information content (AvgIpc) is 2.76. The average molecular weight is 284 g/mol. The summed E-state index contributed by atoms with van der Waals surface area (Å²) in [5, 5.41) is 11.8. The van der Waals surface area contributed by atoms with Crippen molar-refractivity contribution in [2.24, 2.45) is 0 Å². The number of aliphatic carboxylic acids is 1. The molecule has 0 spiro atoms. The summed E-state index contributed by atoms with van der Waals surface area (Å²) in [4.78, 5) is 26.5. The van der Waals surface area contributed by atoms with E-state index in [-0.39, 0.29) is 12.1 Å². The standard InChI is InChI=1S/C13H20N2O3S/c1-5-10(12(16)17)15(4)13(18)14-9(3)11-7-6-8(2)19-11/h6-7,9-10H,5H2,1-4H3,(H,14,18)(H,16,17). The molecule has 2 unspecified atom stereocenters. The van der Waals surface area contributed by atoms with Gasteiger partial charge in [0, 0.05) is 16.8 Å². The molecular weight excluding hydrogens is 264 g/mol. The van der Waals surface area contributed by atoms with Gasteiger partial charge in [-0.1, -0.05) is 6.92 Å². The molecule has 106 valence electrons. The molecule has 2 N–H and O–H groups in total. The van der Waals surface area contributed by atoms with Crippen molar-refractivity contribution >= 4 is 23.3 Å². The normalized spacial score (nSPS) is 13.7. The van der Waals surface area contributed by atoms with E-state index in [2.05, 4.69) is 5.32 Å². The minimum Gasteiger partial charge on any atom is -0.480 e. The number of amides is 2.